The van der Waals surface area contributed by atoms with E-state index >= 15 is 0 Å². The summed E-state index contributed by atoms with van der Waals surface area (Å²) in [6.07, 6.45) is 4.31. The summed E-state index contributed by atoms with van der Waals surface area (Å²) < 4.78 is 5.32. The standard InChI is InChI=1S/C28H33ClN2O4/c1-35-21-9-10-24-22(18-21)26(23(29)19-30-24)25(32)11-12-28(27(33)34)13-16-31(17-14-28)15-5-8-20-6-3-2-4-7-20/h2-4,6-7,9-10,18-19,25,32H,5,8,11-17H2,1H3,(H,33,34)/p-1. The molecule has 3 aromatic rings. The fourth-order valence-corrected chi connectivity index (χ4v) is 5.38. The van der Waals surface area contributed by atoms with E-state index in [0.29, 0.717) is 46.5 Å². The van der Waals surface area contributed by atoms with Gasteiger partial charge in [-0.3, -0.25) is 4.98 Å². The van der Waals surface area contributed by atoms with Crippen molar-refractivity contribution in [3.8, 4) is 5.75 Å². The highest BCUT2D eigenvalue weighted by molar-refractivity contribution is 6.32. The number of carbonyl (C=O) groups is 1. The van der Waals surface area contributed by atoms with Crippen molar-refractivity contribution in [2.45, 2.75) is 44.6 Å². The van der Waals surface area contributed by atoms with Crippen molar-refractivity contribution < 1.29 is 19.7 Å². The average molecular weight is 496 g/mol. The van der Waals surface area contributed by atoms with Gasteiger partial charge in [0.2, 0.25) is 0 Å². The zero-order valence-electron chi connectivity index (χ0n) is 20.1. The minimum absolute atomic E-state index is 0.276. The quantitative estimate of drug-likeness (QED) is 0.454. The first kappa shape index (κ1) is 25.4. The van der Waals surface area contributed by atoms with E-state index in [1.54, 1.807) is 19.2 Å². The first-order valence-corrected chi connectivity index (χ1v) is 12.6. The van der Waals surface area contributed by atoms with Crippen LogP contribution in [0.5, 0.6) is 5.75 Å². The van der Waals surface area contributed by atoms with Crippen molar-refractivity contribution in [1.82, 2.24) is 9.88 Å². The lowest BCUT2D eigenvalue weighted by atomic mass is 9.74. The van der Waals surface area contributed by atoms with Crippen molar-refractivity contribution >= 4 is 28.5 Å². The molecule has 2 heterocycles. The van der Waals surface area contributed by atoms with E-state index < -0.39 is 17.5 Å². The van der Waals surface area contributed by atoms with Crippen LogP contribution < -0.4 is 9.84 Å². The Kier molecular flexibility index (Phi) is 8.26. The molecule has 0 bridgehead atoms. The molecule has 1 saturated heterocycles. The van der Waals surface area contributed by atoms with E-state index in [1.807, 2.05) is 12.1 Å². The number of nitrogens with zero attached hydrogens (tertiary/aromatic N) is 2. The van der Waals surface area contributed by atoms with Gasteiger partial charge in [0.1, 0.15) is 5.75 Å². The molecule has 1 unspecified atom stereocenters. The van der Waals surface area contributed by atoms with Crippen LogP contribution in [0.1, 0.15) is 49.3 Å². The highest BCUT2D eigenvalue weighted by Crippen LogP contribution is 2.40. The number of methoxy groups -OCH3 is 1. The van der Waals surface area contributed by atoms with Gasteiger partial charge in [0.25, 0.3) is 0 Å². The molecule has 1 fully saturated rings. The van der Waals surface area contributed by atoms with Gasteiger partial charge in [-0.05, 0) is 81.9 Å². The lowest BCUT2D eigenvalue weighted by molar-refractivity contribution is -0.322. The molecule has 7 heteroatoms. The van der Waals surface area contributed by atoms with Crippen LogP contribution in [0, 0.1) is 5.41 Å². The molecular weight excluding hydrogens is 464 g/mol. The summed E-state index contributed by atoms with van der Waals surface area (Å²) in [6, 6.07) is 15.8. The van der Waals surface area contributed by atoms with Crippen LogP contribution in [0.3, 0.4) is 0 Å². The van der Waals surface area contributed by atoms with Gasteiger partial charge in [0.15, 0.2) is 0 Å². The average Bonchev–Trinajstić information content (AvgIpc) is 2.88. The second-order valence-electron chi connectivity index (χ2n) is 9.46. The van der Waals surface area contributed by atoms with Gasteiger partial charge in [0, 0.05) is 28.5 Å². The van der Waals surface area contributed by atoms with Gasteiger partial charge < -0.3 is 24.6 Å². The van der Waals surface area contributed by atoms with Crippen LogP contribution in [-0.4, -0.2) is 47.7 Å². The molecular formula is C28H32ClN2O4-. The second kappa shape index (κ2) is 11.4. The van der Waals surface area contributed by atoms with Gasteiger partial charge in [-0.1, -0.05) is 41.9 Å². The number of aryl methyl sites for hydroxylation is 1. The number of rotatable bonds is 10. The molecule has 6 nitrogen and oxygen atoms in total. The Bertz CT molecular complexity index is 1150. The van der Waals surface area contributed by atoms with Crippen LogP contribution in [0.4, 0.5) is 0 Å². The predicted octanol–water partition coefficient (Wildman–Crippen LogP) is 4.18. The van der Waals surface area contributed by atoms with Gasteiger partial charge >= 0.3 is 0 Å². The molecule has 186 valence electrons. The third-order valence-electron chi connectivity index (χ3n) is 7.33. The molecule has 1 atom stereocenters. The minimum atomic E-state index is -1.03. The number of ether oxygens (including phenoxy) is 1. The van der Waals surface area contributed by atoms with Gasteiger partial charge in [-0.25, -0.2) is 0 Å². The van der Waals surface area contributed by atoms with E-state index in [4.69, 9.17) is 16.3 Å². The number of carboxylic acids is 1. The summed E-state index contributed by atoms with van der Waals surface area (Å²) in [7, 11) is 1.58. The minimum Gasteiger partial charge on any atom is -0.550 e. The Hall–Kier alpha value is -2.67. The zero-order valence-corrected chi connectivity index (χ0v) is 20.8. The Labute approximate surface area is 211 Å². The number of aliphatic hydroxyl groups is 1. The normalized spacial score (nSPS) is 16.8. The summed E-state index contributed by atoms with van der Waals surface area (Å²) in [4.78, 5) is 18.9. The summed E-state index contributed by atoms with van der Waals surface area (Å²) in [6.45, 7) is 2.38. The molecule has 0 radical (unpaired) electrons. The first-order valence-electron chi connectivity index (χ1n) is 12.2. The molecule has 2 aromatic carbocycles. The molecule has 1 aliphatic rings. The smallest absolute Gasteiger partial charge is 0.119 e. The summed E-state index contributed by atoms with van der Waals surface area (Å²) in [5, 5.41) is 24.4. The maximum Gasteiger partial charge on any atom is 0.119 e. The maximum absolute atomic E-state index is 12.2. The first-order chi connectivity index (χ1) is 16.9. The van der Waals surface area contributed by atoms with Crippen LogP contribution in [0.25, 0.3) is 10.9 Å². The summed E-state index contributed by atoms with van der Waals surface area (Å²) >= 11 is 6.43. The number of carboxylic acid groups (broad SMARTS) is 1. The number of aliphatic carboxylic acids is 1. The summed E-state index contributed by atoms with van der Waals surface area (Å²) in [5.41, 5.74) is 1.64. The van der Waals surface area contributed by atoms with Crippen molar-refractivity contribution in [3.05, 3.63) is 70.9 Å². The molecule has 35 heavy (non-hydrogen) atoms. The van der Waals surface area contributed by atoms with E-state index in [0.717, 1.165) is 32.5 Å². The lowest BCUT2D eigenvalue weighted by Crippen LogP contribution is -2.50. The fraction of sp³-hybridized carbons (Fsp3) is 0.429. The highest BCUT2D eigenvalue weighted by Gasteiger charge is 2.36. The van der Waals surface area contributed by atoms with Crippen molar-refractivity contribution in [3.63, 3.8) is 0 Å². The lowest BCUT2D eigenvalue weighted by Gasteiger charge is -2.43. The number of halogens is 1. The Balaban J connectivity index is 1.38. The number of pyridine rings is 1. The van der Waals surface area contributed by atoms with Crippen molar-refractivity contribution in [1.29, 1.82) is 0 Å². The number of aliphatic hydroxyl groups excluding tert-OH is 1. The number of likely N-dealkylation sites (tertiary alicyclic amines) is 1. The molecule has 0 saturated carbocycles. The van der Waals surface area contributed by atoms with E-state index in [2.05, 4.69) is 34.1 Å². The molecule has 0 spiro atoms. The number of aromatic nitrogens is 1. The molecule has 0 aliphatic carbocycles. The van der Waals surface area contributed by atoms with E-state index in [1.165, 1.54) is 11.8 Å². The number of fused-ring (bicyclic) bond motifs is 1. The van der Waals surface area contributed by atoms with Gasteiger partial charge in [0.05, 0.1) is 23.8 Å². The number of carbonyl (C=O) groups excluding carboxylic acids is 1. The monoisotopic (exact) mass is 495 g/mol. The second-order valence-corrected chi connectivity index (χ2v) is 9.86. The van der Waals surface area contributed by atoms with Crippen LogP contribution in [0.15, 0.2) is 54.7 Å². The van der Waals surface area contributed by atoms with E-state index in [9.17, 15) is 15.0 Å². The molecule has 1 aromatic heterocycles. The Morgan fingerprint density at radius 2 is 1.97 bits per heavy atom. The Morgan fingerprint density at radius 1 is 1.23 bits per heavy atom. The summed E-state index contributed by atoms with van der Waals surface area (Å²) in [5.74, 6) is -0.387. The zero-order chi connectivity index (χ0) is 24.8. The number of benzene rings is 2. The van der Waals surface area contributed by atoms with Crippen molar-refractivity contribution in [2.75, 3.05) is 26.7 Å². The molecule has 1 N–H and O–H groups in total. The van der Waals surface area contributed by atoms with Gasteiger partial charge in [-0.2, -0.15) is 0 Å². The molecule has 0 amide bonds. The van der Waals surface area contributed by atoms with E-state index in [-0.39, 0.29) is 6.42 Å². The van der Waals surface area contributed by atoms with Crippen LogP contribution in [0.2, 0.25) is 5.02 Å². The maximum atomic E-state index is 12.2. The van der Waals surface area contributed by atoms with Crippen LogP contribution >= 0.6 is 11.6 Å². The van der Waals surface area contributed by atoms with Crippen LogP contribution in [-0.2, 0) is 11.2 Å². The Morgan fingerprint density at radius 3 is 2.66 bits per heavy atom. The SMILES string of the molecule is COc1ccc2ncc(Cl)c(C(O)CCC3(C(=O)[O-])CCN(CCCc4ccccc4)CC3)c2c1. The number of hydrogen-bond donors (Lipinski definition) is 1. The number of hydrogen-bond acceptors (Lipinski definition) is 6. The highest BCUT2D eigenvalue weighted by atomic mass is 35.5. The molecule has 1 aliphatic heterocycles. The predicted molar refractivity (Wildman–Crippen MR) is 135 cm³/mol. The third kappa shape index (κ3) is 5.95. The van der Waals surface area contributed by atoms with Gasteiger partial charge in [-0.15, -0.1) is 0 Å². The topological polar surface area (TPSA) is 85.7 Å². The third-order valence-corrected chi connectivity index (χ3v) is 7.63. The largest absolute Gasteiger partial charge is 0.550 e. The molecule has 4 rings (SSSR count). The van der Waals surface area contributed by atoms with Crippen molar-refractivity contribution in [2.24, 2.45) is 5.41 Å². The number of piperidine rings is 1. The fourth-order valence-electron chi connectivity index (χ4n) is 5.10.